The van der Waals surface area contributed by atoms with Gasteiger partial charge in [-0.05, 0) is 41.0 Å². The van der Waals surface area contributed by atoms with Gasteiger partial charge in [0.1, 0.15) is 6.29 Å². The summed E-state index contributed by atoms with van der Waals surface area (Å²) in [4.78, 5) is 32.4. The molecule has 0 bridgehead atoms. The number of nitrogens with two attached hydrogens (primary N) is 1. The first-order valence-corrected chi connectivity index (χ1v) is 12.3. The molecule has 0 fully saturated rings. The lowest BCUT2D eigenvalue weighted by molar-refractivity contribution is 0.0592. The van der Waals surface area contributed by atoms with E-state index in [-0.39, 0.29) is 5.97 Å². The molecule has 0 saturated carbocycles. The molecule has 4 rings (SSSR count). The topological polar surface area (TPSA) is 108 Å². The number of hydrogen-bond donors (Lipinski definition) is 2. The molecule has 0 heterocycles. The summed E-state index contributed by atoms with van der Waals surface area (Å²) in [5.74, 6) is -0.698. The molecule has 7 nitrogen and oxygen atoms in total. The summed E-state index contributed by atoms with van der Waals surface area (Å²) in [5.41, 5.74) is 10.5. The van der Waals surface area contributed by atoms with Gasteiger partial charge in [-0.1, -0.05) is 84.9 Å². The van der Waals surface area contributed by atoms with Crippen molar-refractivity contribution in [2.45, 2.75) is 19.6 Å². The van der Waals surface area contributed by atoms with Gasteiger partial charge in [-0.25, -0.2) is 9.59 Å². The van der Waals surface area contributed by atoms with E-state index in [1.807, 2.05) is 60.7 Å². The van der Waals surface area contributed by atoms with E-state index in [0.29, 0.717) is 23.2 Å². The molecule has 0 radical (unpaired) electrons. The van der Waals surface area contributed by atoms with Crippen molar-refractivity contribution >= 4 is 18.2 Å². The molecule has 39 heavy (non-hydrogen) atoms. The number of esters is 2. The molecule has 202 valence electrons. The first-order chi connectivity index (χ1) is 19.0. The number of methoxy groups -OCH3 is 2. The number of nitrogens with one attached hydrogen (secondary N) is 1. The molecule has 0 atom stereocenters. The SMILES string of the molecule is COC(=O)c1ccc(C=O)cc1.COC(=O)c1ccc(CNCc2ccccc2)cc1.NCc1ccccc1. The Morgan fingerprint density at radius 3 is 1.44 bits per heavy atom. The number of aldehydes is 1. The highest BCUT2D eigenvalue weighted by molar-refractivity contribution is 5.90. The summed E-state index contributed by atoms with van der Waals surface area (Å²) >= 11 is 0. The normalized spacial score (nSPS) is 9.62. The van der Waals surface area contributed by atoms with Crippen LogP contribution in [0, 0.1) is 0 Å². The van der Waals surface area contributed by atoms with Crippen LogP contribution in [0.5, 0.6) is 0 Å². The average molecular weight is 527 g/mol. The average Bonchev–Trinajstić information content (AvgIpc) is 3.02. The van der Waals surface area contributed by atoms with Crippen molar-refractivity contribution < 1.29 is 23.9 Å². The number of carbonyl (C=O) groups is 3. The fraction of sp³-hybridized carbons (Fsp3) is 0.156. The van der Waals surface area contributed by atoms with Crippen LogP contribution in [0.25, 0.3) is 0 Å². The van der Waals surface area contributed by atoms with Gasteiger partial charge in [0, 0.05) is 25.2 Å². The molecule has 0 aliphatic heterocycles. The van der Waals surface area contributed by atoms with Crippen molar-refractivity contribution in [2.75, 3.05) is 14.2 Å². The van der Waals surface area contributed by atoms with Crippen LogP contribution in [-0.2, 0) is 29.1 Å². The van der Waals surface area contributed by atoms with Gasteiger partial charge in [-0.2, -0.15) is 0 Å². The van der Waals surface area contributed by atoms with E-state index in [1.54, 1.807) is 36.4 Å². The van der Waals surface area contributed by atoms with Gasteiger partial charge in [-0.3, -0.25) is 4.79 Å². The lowest BCUT2D eigenvalue weighted by atomic mass is 10.1. The maximum Gasteiger partial charge on any atom is 0.337 e. The molecule has 4 aromatic carbocycles. The molecule has 3 N–H and O–H groups in total. The van der Waals surface area contributed by atoms with Crippen LogP contribution >= 0.6 is 0 Å². The zero-order chi connectivity index (χ0) is 28.3. The minimum Gasteiger partial charge on any atom is -0.465 e. The van der Waals surface area contributed by atoms with Crippen molar-refractivity contribution in [3.63, 3.8) is 0 Å². The summed E-state index contributed by atoms with van der Waals surface area (Å²) in [6.45, 7) is 2.25. The van der Waals surface area contributed by atoms with Gasteiger partial charge in [0.2, 0.25) is 0 Å². The van der Waals surface area contributed by atoms with Gasteiger partial charge < -0.3 is 20.5 Å². The van der Waals surface area contributed by atoms with Gasteiger partial charge >= 0.3 is 11.9 Å². The smallest absolute Gasteiger partial charge is 0.337 e. The molecule has 7 heteroatoms. The van der Waals surface area contributed by atoms with Crippen molar-refractivity contribution in [2.24, 2.45) is 5.73 Å². The zero-order valence-corrected chi connectivity index (χ0v) is 22.2. The minimum atomic E-state index is -0.396. The number of ether oxygens (including phenoxy) is 2. The van der Waals surface area contributed by atoms with Gasteiger partial charge in [0.15, 0.2) is 0 Å². The molecule has 0 spiro atoms. The van der Waals surface area contributed by atoms with Crippen LogP contribution < -0.4 is 11.1 Å². The second kappa shape index (κ2) is 17.8. The number of carbonyl (C=O) groups excluding carboxylic acids is 3. The van der Waals surface area contributed by atoms with Gasteiger partial charge in [-0.15, -0.1) is 0 Å². The Labute approximate surface area is 229 Å². The van der Waals surface area contributed by atoms with E-state index >= 15 is 0 Å². The first kappa shape index (κ1) is 30.6. The maximum atomic E-state index is 11.3. The Morgan fingerprint density at radius 2 is 1.05 bits per heavy atom. The number of hydrogen-bond acceptors (Lipinski definition) is 7. The lowest BCUT2D eigenvalue weighted by Gasteiger charge is -2.06. The quantitative estimate of drug-likeness (QED) is 0.240. The number of benzene rings is 4. The van der Waals surface area contributed by atoms with Crippen molar-refractivity contribution in [1.29, 1.82) is 0 Å². The van der Waals surface area contributed by atoms with E-state index in [1.165, 1.54) is 25.3 Å². The maximum absolute atomic E-state index is 11.3. The Balaban J connectivity index is 0.000000227. The lowest BCUT2D eigenvalue weighted by Crippen LogP contribution is -2.12. The predicted octanol–water partition coefficient (Wildman–Crippen LogP) is 5.19. The monoisotopic (exact) mass is 526 g/mol. The molecule has 4 aromatic rings. The highest BCUT2D eigenvalue weighted by Gasteiger charge is 2.04. The molecular formula is C32H34N2O5. The second-order valence-corrected chi connectivity index (χ2v) is 8.20. The summed E-state index contributed by atoms with van der Waals surface area (Å²) in [6.07, 6.45) is 0.723. The van der Waals surface area contributed by atoms with Crippen LogP contribution in [0.4, 0.5) is 0 Å². The molecule has 0 amide bonds. The Morgan fingerprint density at radius 1 is 0.641 bits per heavy atom. The van der Waals surface area contributed by atoms with Crippen molar-refractivity contribution in [3.05, 3.63) is 143 Å². The van der Waals surface area contributed by atoms with Gasteiger partial charge in [0.05, 0.1) is 25.3 Å². The standard InChI is InChI=1S/C16H17NO2.C9H8O3.C7H9N/c1-19-16(18)15-9-7-14(8-10-15)12-17-11-13-5-3-2-4-6-13;1-12-9(11)8-4-2-7(6-10)3-5-8;8-6-7-4-2-1-3-5-7/h2-10,17H,11-12H2,1H3;2-6H,1H3;1-5H,6,8H2. The fourth-order valence-electron chi connectivity index (χ4n) is 3.25. The van der Waals surface area contributed by atoms with Crippen molar-refractivity contribution in [3.8, 4) is 0 Å². The van der Waals surface area contributed by atoms with E-state index < -0.39 is 5.97 Å². The molecule has 0 saturated heterocycles. The minimum absolute atomic E-state index is 0.302. The summed E-state index contributed by atoms with van der Waals surface area (Å²) in [5, 5.41) is 3.36. The van der Waals surface area contributed by atoms with Crippen LogP contribution in [0.3, 0.4) is 0 Å². The zero-order valence-electron chi connectivity index (χ0n) is 22.2. The van der Waals surface area contributed by atoms with E-state index in [0.717, 1.165) is 24.9 Å². The molecular weight excluding hydrogens is 492 g/mol. The largest absolute Gasteiger partial charge is 0.465 e. The van der Waals surface area contributed by atoms with Crippen LogP contribution in [0.1, 0.15) is 47.8 Å². The molecule has 0 unspecified atom stereocenters. The van der Waals surface area contributed by atoms with Gasteiger partial charge in [0.25, 0.3) is 0 Å². The molecule has 0 aliphatic rings. The summed E-state index contributed by atoms with van der Waals surface area (Å²) < 4.78 is 9.14. The van der Waals surface area contributed by atoms with E-state index in [9.17, 15) is 14.4 Å². The third-order valence-electron chi connectivity index (χ3n) is 5.42. The highest BCUT2D eigenvalue weighted by atomic mass is 16.5. The van der Waals surface area contributed by atoms with Crippen LogP contribution in [-0.4, -0.2) is 32.4 Å². The van der Waals surface area contributed by atoms with Crippen LogP contribution in [0.2, 0.25) is 0 Å². The van der Waals surface area contributed by atoms with E-state index in [2.05, 4.69) is 26.9 Å². The third-order valence-corrected chi connectivity index (χ3v) is 5.42. The number of rotatable bonds is 8. The van der Waals surface area contributed by atoms with Crippen LogP contribution in [0.15, 0.2) is 109 Å². The molecule has 0 aliphatic carbocycles. The highest BCUT2D eigenvalue weighted by Crippen LogP contribution is 2.06. The Kier molecular flexibility index (Phi) is 14.0. The predicted molar refractivity (Wildman–Crippen MR) is 152 cm³/mol. The summed E-state index contributed by atoms with van der Waals surface area (Å²) in [6, 6.07) is 33.9. The fourth-order valence-corrected chi connectivity index (χ4v) is 3.25. The first-order valence-electron chi connectivity index (χ1n) is 12.3. The summed E-state index contributed by atoms with van der Waals surface area (Å²) in [7, 11) is 2.70. The third kappa shape index (κ3) is 11.6. The Hall–Kier alpha value is -4.59. The molecule has 0 aromatic heterocycles. The Bertz CT molecular complexity index is 1260. The van der Waals surface area contributed by atoms with E-state index in [4.69, 9.17) is 5.73 Å². The second-order valence-electron chi connectivity index (χ2n) is 8.20. The van der Waals surface area contributed by atoms with Crippen molar-refractivity contribution in [1.82, 2.24) is 5.32 Å².